The number of anilines is 1. The van der Waals surface area contributed by atoms with Crippen molar-refractivity contribution in [3.8, 4) is 22.6 Å². The Hall–Kier alpha value is -4.27. The van der Waals surface area contributed by atoms with Crippen molar-refractivity contribution in [2.24, 2.45) is 0 Å². The summed E-state index contributed by atoms with van der Waals surface area (Å²) in [7, 11) is 0. The Kier molecular flexibility index (Phi) is 7.52. The molecular formula is C28H24F3NO5. The quantitative estimate of drug-likeness (QED) is 0.294. The van der Waals surface area contributed by atoms with E-state index < -0.39 is 35.4 Å². The van der Waals surface area contributed by atoms with E-state index in [4.69, 9.17) is 13.9 Å². The molecule has 9 heteroatoms. The van der Waals surface area contributed by atoms with Gasteiger partial charge in [-0.2, -0.15) is 13.2 Å². The molecule has 0 aliphatic rings. The van der Waals surface area contributed by atoms with E-state index in [9.17, 15) is 22.8 Å². The average molecular weight is 511 g/mol. The topological polar surface area (TPSA) is 77.8 Å². The van der Waals surface area contributed by atoms with Crippen LogP contribution in [-0.4, -0.2) is 19.1 Å². The molecule has 0 saturated carbocycles. The van der Waals surface area contributed by atoms with Gasteiger partial charge in [-0.3, -0.25) is 9.59 Å². The molecule has 0 fully saturated rings. The summed E-state index contributed by atoms with van der Waals surface area (Å²) in [6, 6.07) is 17.2. The number of amides is 1. The number of para-hydroxylation sites is 2. The number of fused-ring (bicyclic) bond motifs is 1. The summed E-state index contributed by atoms with van der Waals surface area (Å²) >= 11 is 0. The van der Waals surface area contributed by atoms with Crippen LogP contribution in [0.5, 0.6) is 11.5 Å². The number of hydrogen-bond acceptors (Lipinski definition) is 5. The van der Waals surface area contributed by atoms with Crippen LogP contribution in [0.3, 0.4) is 0 Å². The van der Waals surface area contributed by atoms with Crippen molar-refractivity contribution in [2.75, 3.05) is 18.5 Å². The molecule has 3 aromatic carbocycles. The number of rotatable bonds is 8. The van der Waals surface area contributed by atoms with Crippen LogP contribution in [-0.2, 0) is 17.4 Å². The van der Waals surface area contributed by atoms with Gasteiger partial charge in [0.05, 0.1) is 23.2 Å². The molecule has 0 saturated heterocycles. The Morgan fingerprint density at radius 2 is 1.65 bits per heavy atom. The fourth-order valence-electron chi connectivity index (χ4n) is 3.92. The van der Waals surface area contributed by atoms with E-state index in [0.717, 1.165) is 0 Å². The average Bonchev–Trinajstić information content (AvgIpc) is 2.88. The Bertz CT molecular complexity index is 1480. The lowest BCUT2D eigenvalue weighted by Crippen LogP contribution is -2.21. The molecule has 37 heavy (non-hydrogen) atoms. The molecule has 0 unspecified atom stereocenters. The zero-order chi connectivity index (χ0) is 26.6. The van der Waals surface area contributed by atoms with E-state index in [1.54, 1.807) is 49.4 Å². The van der Waals surface area contributed by atoms with Crippen molar-refractivity contribution in [3.05, 3.63) is 88.3 Å². The summed E-state index contributed by atoms with van der Waals surface area (Å²) in [5, 5.41) is 2.68. The first-order chi connectivity index (χ1) is 17.7. The number of halogens is 3. The van der Waals surface area contributed by atoms with Gasteiger partial charge in [0.2, 0.25) is 11.2 Å². The van der Waals surface area contributed by atoms with Gasteiger partial charge in [-0.15, -0.1) is 0 Å². The van der Waals surface area contributed by atoms with Crippen molar-refractivity contribution in [1.29, 1.82) is 0 Å². The predicted molar refractivity (Wildman–Crippen MR) is 134 cm³/mol. The summed E-state index contributed by atoms with van der Waals surface area (Å²) in [6.45, 7) is 3.62. The Morgan fingerprint density at radius 1 is 0.946 bits per heavy atom. The van der Waals surface area contributed by atoms with Gasteiger partial charge in [-0.1, -0.05) is 49.4 Å². The molecule has 192 valence electrons. The number of benzene rings is 3. The number of hydrogen-bond donors (Lipinski definition) is 1. The second-order valence-corrected chi connectivity index (χ2v) is 8.07. The third kappa shape index (κ3) is 5.61. The summed E-state index contributed by atoms with van der Waals surface area (Å²) in [4.78, 5) is 25.8. The number of carbonyl (C=O) groups excluding carboxylic acids is 1. The fraction of sp³-hybridized carbons (Fsp3) is 0.214. The molecule has 0 bridgehead atoms. The third-order valence-electron chi connectivity index (χ3n) is 5.59. The molecule has 0 radical (unpaired) electrons. The lowest BCUT2D eigenvalue weighted by atomic mass is 10.00. The predicted octanol–water partition coefficient (Wildman–Crippen LogP) is 6.46. The molecule has 0 atom stereocenters. The largest absolute Gasteiger partial charge is 0.492 e. The minimum absolute atomic E-state index is 0.00820. The van der Waals surface area contributed by atoms with Crippen LogP contribution in [0, 0.1) is 0 Å². The summed E-state index contributed by atoms with van der Waals surface area (Å²) < 4.78 is 58.1. The Labute approximate surface area is 210 Å². The van der Waals surface area contributed by atoms with E-state index in [2.05, 4.69) is 5.32 Å². The second-order valence-electron chi connectivity index (χ2n) is 8.07. The molecule has 1 aromatic heterocycles. The first kappa shape index (κ1) is 25.8. The Balaban J connectivity index is 1.69. The highest BCUT2D eigenvalue weighted by Gasteiger charge is 2.39. The second kappa shape index (κ2) is 10.8. The lowest BCUT2D eigenvalue weighted by Gasteiger charge is -2.16. The molecule has 1 heterocycles. The molecular weight excluding hydrogens is 487 g/mol. The molecule has 4 rings (SSSR count). The van der Waals surface area contributed by atoms with Crippen LogP contribution in [0.2, 0.25) is 0 Å². The maximum absolute atomic E-state index is 13.9. The number of nitrogens with one attached hydrogen (secondary N) is 1. The highest BCUT2D eigenvalue weighted by Crippen LogP contribution is 2.38. The van der Waals surface area contributed by atoms with E-state index in [1.165, 1.54) is 24.3 Å². The molecule has 0 aliphatic carbocycles. The van der Waals surface area contributed by atoms with Gasteiger partial charge in [-0.25, -0.2) is 0 Å². The molecule has 1 amide bonds. The van der Waals surface area contributed by atoms with Gasteiger partial charge < -0.3 is 19.2 Å². The van der Waals surface area contributed by atoms with Crippen LogP contribution in [0.1, 0.15) is 25.2 Å². The van der Waals surface area contributed by atoms with E-state index in [0.29, 0.717) is 30.0 Å². The molecule has 6 nitrogen and oxygen atoms in total. The highest BCUT2D eigenvalue weighted by molar-refractivity contribution is 5.93. The van der Waals surface area contributed by atoms with Gasteiger partial charge in [0.15, 0.2) is 6.61 Å². The van der Waals surface area contributed by atoms with Crippen LogP contribution >= 0.6 is 0 Å². The van der Waals surface area contributed by atoms with Crippen LogP contribution < -0.4 is 20.2 Å². The molecule has 0 aliphatic heterocycles. The summed E-state index contributed by atoms with van der Waals surface area (Å²) in [5.41, 5.74) is -0.531. The highest BCUT2D eigenvalue weighted by atomic mass is 19.4. The van der Waals surface area contributed by atoms with Gasteiger partial charge in [0.25, 0.3) is 5.91 Å². The maximum Gasteiger partial charge on any atom is 0.450 e. The molecule has 4 aromatic rings. The fourth-order valence-corrected chi connectivity index (χ4v) is 3.92. The number of carbonyl (C=O) groups is 1. The van der Waals surface area contributed by atoms with Crippen molar-refractivity contribution >= 4 is 22.6 Å². The lowest BCUT2D eigenvalue weighted by molar-refractivity contribution is -0.152. The third-order valence-corrected chi connectivity index (χ3v) is 5.59. The standard InChI is InChI=1S/C28H24F3NO5/c1-3-17-14-19-23(37-27(28(29,30)31)25(26(19)34)18-10-6-5-7-11-18)15-22(17)36-16-24(33)32-20-12-8-9-13-21(20)35-4-2/h5-15H,3-4,16H2,1-2H3,(H,32,33). The number of aryl methyl sites for hydroxylation is 1. The normalized spacial score (nSPS) is 11.4. The zero-order valence-corrected chi connectivity index (χ0v) is 20.1. The van der Waals surface area contributed by atoms with Gasteiger partial charge >= 0.3 is 6.18 Å². The van der Waals surface area contributed by atoms with Crippen LogP contribution in [0.15, 0.2) is 75.9 Å². The smallest absolute Gasteiger partial charge is 0.450 e. The molecule has 1 N–H and O–H groups in total. The number of ether oxygens (including phenoxy) is 2. The van der Waals surface area contributed by atoms with Crippen molar-refractivity contribution in [3.63, 3.8) is 0 Å². The zero-order valence-electron chi connectivity index (χ0n) is 20.1. The van der Waals surface area contributed by atoms with Gasteiger partial charge in [0.1, 0.15) is 17.1 Å². The summed E-state index contributed by atoms with van der Waals surface area (Å²) in [5.74, 6) is -1.25. The monoisotopic (exact) mass is 511 g/mol. The SMILES string of the molecule is CCOc1ccccc1NC(=O)COc1cc2oc(C(F)(F)F)c(-c3ccccc3)c(=O)c2cc1CC. The van der Waals surface area contributed by atoms with Crippen molar-refractivity contribution in [1.82, 2.24) is 0 Å². The first-order valence-electron chi connectivity index (χ1n) is 11.6. The first-order valence-corrected chi connectivity index (χ1v) is 11.6. The van der Waals surface area contributed by atoms with Crippen LogP contribution in [0.4, 0.5) is 18.9 Å². The maximum atomic E-state index is 13.9. The minimum Gasteiger partial charge on any atom is -0.492 e. The number of alkyl halides is 3. The summed E-state index contributed by atoms with van der Waals surface area (Å²) in [6.07, 6.45) is -4.50. The van der Waals surface area contributed by atoms with Crippen molar-refractivity contribution in [2.45, 2.75) is 26.4 Å². The minimum atomic E-state index is -4.91. The van der Waals surface area contributed by atoms with Gasteiger partial charge in [-0.05, 0) is 42.7 Å². The Morgan fingerprint density at radius 3 is 2.32 bits per heavy atom. The van der Waals surface area contributed by atoms with Gasteiger partial charge in [0, 0.05) is 6.07 Å². The van der Waals surface area contributed by atoms with Crippen LogP contribution in [0.25, 0.3) is 22.1 Å². The van der Waals surface area contributed by atoms with E-state index in [-0.39, 0.29) is 22.3 Å². The molecule has 0 spiro atoms. The van der Waals surface area contributed by atoms with E-state index in [1.807, 2.05) is 6.92 Å². The van der Waals surface area contributed by atoms with E-state index >= 15 is 0 Å². The van der Waals surface area contributed by atoms with Crippen molar-refractivity contribution < 1.29 is 31.9 Å².